The van der Waals surface area contributed by atoms with E-state index in [4.69, 9.17) is 0 Å². The summed E-state index contributed by atoms with van der Waals surface area (Å²) in [5, 5.41) is 0. The van der Waals surface area contributed by atoms with Crippen LogP contribution in [0.25, 0.3) is 0 Å². The molecule has 1 aromatic rings. The van der Waals surface area contributed by atoms with Crippen molar-refractivity contribution < 1.29 is 0 Å². The summed E-state index contributed by atoms with van der Waals surface area (Å²) < 4.78 is 2.54. The van der Waals surface area contributed by atoms with Crippen molar-refractivity contribution in [1.82, 2.24) is 7.76 Å². The number of hydrogen-bond donors (Lipinski definition) is 0. The molecule has 0 unspecified atom stereocenters. The molecule has 1 heterocycles. The second kappa shape index (κ2) is 3.16. The van der Waals surface area contributed by atoms with Crippen LogP contribution in [0.5, 0.6) is 0 Å². The molecule has 0 N–H and O–H groups in total. The first kappa shape index (κ1) is 8.44. The van der Waals surface area contributed by atoms with Crippen LogP contribution in [0.3, 0.4) is 0 Å². The average Bonchev–Trinajstić information content (AvgIpc) is 1.82. The second-order valence-electron chi connectivity index (χ2n) is 1.79. The Balaban J connectivity index is 3.46. The third-order valence-corrected chi connectivity index (χ3v) is 3.87. The van der Waals surface area contributed by atoms with Gasteiger partial charge in [0.05, 0.1) is 22.9 Å². The predicted molar refractivity (Wildman–Crippen MR) is 55.4 cm³/mol. The highest BCUT2D eigenvalue weighted by Gasteiger charge is 1.98. The molecule has 0 spiro atoms. The van der Waals surface area contributed by atoms with Gasteiger partial charge in [-0.25, -0.2) is 0 Å². The van der Waals surface area contributed by atoms with Crippen LogP contribution in [-0.4, -0.2) is 7.76 Å². The normalized spacial score (nSPS) is 9.90. The van der Waals surface area contributed by atoms with Crippen LogP contribution in [0.15, 0.2) is 10.9 Å². The lowest BCUT2D eigenvalue weighted by Gasteiger charge is -2.00. The lowest BCUT2D eigenvalue weighted by Crippen LogP contribution is -2.11. The molecule has 0 aliphatic heterocycles. The van der Waals surface area contributed by atoms with Crippen LogP contribution >= 0.6 is 45.5 Å². The first-order valence-electron chi connectivity index (χ1n) is 2.53. The largest absolute Gasteiger partial charge is 0.273 e. The lowest BCUT2D eigenvalue weighted by molar-refractivity contribution is 0.995. The summed E-state index contributed by atoms with van der Waals surface area (Å²) in [5.74, 6) is 0. The first-order valence-corrected chi connectivity index (χ1v) is 4.58. The minimum Gasteiger partial charge on any atom is -0.267 e. The van der Waals surface area contributed by atoms with E-state index in [9.17, 15) is 4.79 Å². The molecule has 10 heavy (non-hydrogen) atoms. The van der Waals surface area contributed by atoms with Crippen molar-refractivity contribution >= 4 is 45.5 Å². The summed E-state index contributed by atoms with van der Waals surface area (Å²) in [6, 6.07) is 1.51. The average molecular weight is 362 g/mol. The Morgan fingerprint density at radius 2 is 2.30 bits per heavy atom. The molecule has 0 radical (unpaired) electrons. The second-order valence-corrected chi connectivity index (χ2v) is 3.72. The van der Waals surface area contributed by atoms with Crippen LogP contribution in [0.4, 0.5) is 0 Å². The van der Waals surface area contributed by atoms with Gasteiger partial charge in [-0.05, 0) is 6.92 Å². The molecular formula is C5H4I2N2O. The summed E-state index contributed by atoms with van der Waals surface area (Å²) in [7, 11) is 0. The van der Waals surface area contributed by atoms with Gasteiger partial charge >= 0.3 is 0 Å². The topological polar surface area (TPSA) is 34.9 Å². The molecule has 0 aromatic carbocycles. The summed E-state index contributed by atoms with van der Waals surface area (Å²) in [4.78, 5) is 14.5. The fourth-order valence-electron chi connectivity index (χ4n) is 0.548. The van der Waals surface area contributed by atoms with E-state index in [1.165, 1.54) is 6.07 Å². The van der Waals surface area contributed by atoms with Crippen molar-refractivity contribution in [3.05, 3.63) is 25.9 Å². The van der Waals surface area contributed by atoms with Crippen LogP contribution < -0.4 is 5.56 Å². The minimum absolute atomic E-state index is 0.171. The van der Waals surface area contributed by atoms with Crippen molar-refractivity contribution in [3.63, 3.8) is 0 Å². The number of rotatable bonds is 0. The van der Waals surface area contributed by atoms with Gasteiger partial charge in [0.2, 0.25) is 0 Å². The van der Waals surface area contributed by atoms with E-state index in [0.717, 1.165) is 5.69 Å². The third-order valence-electron chi connectivity index (χ3n) is 1.01. The van der Waals surface area contributed by atoms with Gasteiger partial charge < -0.3 is 0 Å². The molecule has 1 rings (SSSR count). The van der Waals surface area contributed by atoms with Gasteiger partial charge in [-0.15, -0.1) is 0 Å². The molecule has 0 amide bonds. The monoisotopic (exact) mass is 362 g/mol. The highest BCUT2D eigenvalue weighted by molar-refractivity contribution is 14.1. The summed E-state index contributed by atoms with van der Waals surface area (Å²) in [6.45, 7) is 1.87. The Morgan fingerprint density at radius 3 is 2.80 bits per heavy atom. The van der Waals surface area contributed by atoms with Gasteiger partial charge in [0.15, 0.2) is 3.83 Å². The van der Waals surface area contributed by atoms with E-state index in [-0.39, 0.29) is 5.56 Å². The quantitative estimate of drug-likeness (QED) is 0.516. The molecule has 54 valence electrons. The maximum absolute atomic E-state index is 10.7. The number of aromatic nitrogens is 2. The maximum atomic E-state index is 10.7. The molecule has 0 fully saturated rings. The number of halogens is 2. The van der Waals surface area contributed by atoms with Gasteiger partial charge in [-0.2, -0.15) is 4.98 Å². The summed E-state index contributed by atoms with van der Waals surface area (Å²) in [5.41, 5.74) is 0.750. The van der Waals surface area contributed by atoms with Crippen molar-refractivity contribution in [2.45, 2.75) is 6.92 Å². The minimum atomic E-state index is -0.171. The molecule has 1 aromatic heterocycles. The van der Waals surface area contributed by atoms with Crippen molar-refractivity contribution in [2.24, 2.45) is 0 Å². The molecule has 0 atom stereocenters. The smallest absolute Gasteiger partial charge is 0.267 e. The number of nitrogens with zero attached hydrogens (tertiary/aromatic N) is 2. The SMILES string of the molecule is Cc1cc(=O)nc(I)n1I. The van der Waals surface area contributed by atoms with Crippen LogP contribution in [0, 0.1) is 10.8 Å². The van der Waals surface area contributed by atoms with Crippen molar-refractivity contribution in [2.75, 3.05) is 0 Å². The van der Waals surface area contributed by atoms with Gasteiger partial charge in [-0.1, -0.05) is 0 Å². The zero-order chi connectivity index (χ0) is 7.72. The summed E-state index contributed by atoms with van der Waals surface area (Å²) >= 11 is 4.11. The molecule has 0 aliphatic carbocycles. The standard InChI is InChI=1S/C5H4I2N2O/c1-3-2-4(10)8-5(6)9(3)7/h2H,1H3. The van der Waals surface area contributed by atoms with Gasteiger partial charge in [0.25, 0.3) is 5.56 Å². The summed E-state index contributed by atoms with van der Waals surface area (Å²) in [6.07, 6.45) is 0. The first-order chi connectivity index (χ1) is 4.61. The zero-order valence-corrected chi connectivity index (χ0v) is 9.45. The zero-order valence-electron chi connectivity index (χ0n) is 5.14. The Morgan fingerprint density at radius 1 is 1.70 bits per heavy atom. The highest BCUT2D eigenvalue weighted by Crippen LogP contribution is 2.06. The van der Waals surface area contributed by atoms with E-state index in [1.807, 2.05) is 32.3 Å². The third kappa shape index (κ3) is 1.68. The fourth-order valence-corrected chi connectivity index (χ4v) is 1.41. The van der Waals surface area contributed by atoms with E-state index < -0.39 is 0 Å². The van der Waals surface area contributed by atoms with Gasteiger partial charge in [-0.3, -0.25) is 7.58 Å². The molecule has 0 aliphatic rings. The van der Waals surface area contributed by atoms with E-state index in [0.29, 0.717) is 3.83 Å². The Labute approximate surface area is 85.5 Å². The fraction of sp³-hybridized carbons (Fsp3) is 0.200. The molecular weight excluding hydrogens is 358 g/mol. The molecule has 0 saturated heterocycles. The van der Waals surface area contributed by atoms with Crippen LogP contribution in [-0.2, 0) is 0 Å². The predicted octanol–water partition coefficient (Wildman–Crippen LogP) is 1.35. The van der Waals surface area contributed by atoms with Gasteiger partial charge in [0.1, 0.15) is 0 Å². The molecule has 0 bridgehead atoms. The highest BCUT2D eigenvalue weighted by atomic mass is 127. The van der Waals surface area contributed by atoms with E-state index in [1.54, 1.807) is 0 Å². The van der Waals surface area contributed by atoms with Crippen molar-refractivity contribution in [1.29, 1.82) is 0 Å². The lowest BCUT2D eigenvalue weighted by atomic mass is 10.5. The Kier molecular flexibility index (Phi) is 2.67. The molecule has 3 nitrogen and oxygen atoms in total. The van der Waals surface area contributed by atoms with E-state index in [2.05, 4.69) is 27.8 Å². The Hall–Kier alpha value is 0.340. The van der Waals surface area contributed by atoms with E-state index >= 15 is 0 Å². The van der Waals surface area contributed by atoms with Crippen molar-refractivity contribution in [3.8, 4) is 0 Å². The van der Waals surface area contributed by atoms with Crippen LogP contribution in [0.1, 0.15) is 5.69 Å². The molecule has 5 heteroatoms. The van der Waals surface area contributed by atoms with Gasteiger partial charge in [0, 0.05) is 34.4 Å². The number of hydrogen-bond acceptors (Lipinski definition) is 2. The number of aryl methyl sites for hydroxylation is 1. The molecule has 0 saturated carbocycles. The maximum Gasteiger partial charge on any atom is 0.273 e. The van der Waals surface area contributed by atoms with Crippen LogP contribution in [0.2, 0.25) is 0 Å². The Bertz CT molecular complexity index is 281.